The summed E-state index contributed by atoms with van der Waals surface area (Å²) in [4.78, 5) is 0. The van der Waals surface area contributed by atoms with E-state index in [1.54, 1.807) is 20.8 Å². The molecule has 4 rings (SSSR count). The van der Waals surface area contributed by atoms with E-state index in [2.05, 4.69) is 0 Å². The van der Waals surface area contributed by atoms with Crippen molar-refractivity contribution >= 4 is 11.6 Å². The zero-order valence-electron chi connectivity index (χ0n) is 16.7. The molecule has 0 aromatic heterocycles. The number of halogens is 1. The number of rotatable bonds is 0. The van der Waals surface area contributed by atoms with E-state index in [4.69, 9.17) is 11.6 Å². The third kappa shape index (κ3) is 2.01. The van der Waals surface area contributed by atoms with Gasteiger partial charge in [0.1, 0.15) is 11.7 Å². The number of hydrogen-bond acceptors (Lipinski definition) is 7. The van der Waals surface area contributed by atoms with Gasteiger partial charge in [0.25, 0.3) is 0 Å². The second-order valence-corrected chi connectivity index (χ2v) is 11.4. The molecule has 7 nitrogen and oxygen atoms in total. The SMILES string of the molecule is CC1(C)[C@@H](O)[C@H](Cl)[C@H]2[C@](C)(O)[C@@H]3CC[C@@H]4[C@@H](O)[C@]3(C[C@@]4(C)O)[C@H](O)[C@@H](O)[C@@]21O. The maximum Gasteiger partial charge on any atom is 0.110 e. The standard InChI is InChI=1S/C20H33ClO7/c1-16(2)13(23)10(21)11-18(4,27)9-6-5-8-12(22)19(9,7-17(8,3)26)14(24)15(25)20(11,16)28/h8-15,22-28H,5-7H2,1-4H3/t8-,9+,10-,11+,12-,13+,14-,15-,17-,18-,19-,20+/m1/s1. The van der Waals surface area contributed by atoms with Crippen molar-refractivity contribution in [2.24, 2.45) is 28.6 Å². The highest BCUT2D eigenvalue weighted by atomic mass is 35.5. The van der Waals surface area contributed by atoms with Crippen LogP contribution in [-0.2, 0) is 0 Å². The molecule has 0 saturated heterocycles. The monoisotopic (exact) mass is 420 g/mol. The van der Waals surface area contributed by atoms with Crippen LogP contribution in [0.3, 0.4) is 0 Å². The number of hydrogen-bond donors (Lipinski definition) is 7. The highest BCUT2D eigenvalue weighted by Gasteiger charge is 2.80. The quantitative estimate of drug-likeness (QED) is 0.258. The number of aliphatic hydroxyl groups excluding tert-OH is 4. The Hall–Kier alpha value is 0.01000. The average Bonchev–Trinajstić information content (AvgIpc) is 2.77. The van der Waals surface area contributed by atoms with Gasteiger partial charge in [-0.05, 0) is 39.0 Å². The van der Waals surface area contributed by atoms with Gasteiger partial charge in [0.2, 0.25) is 0 Å². The fourth-order valence-electron chi connectivity index (χ4n) is 7.85. The molecular weight excluding hydrogens is 388 g/mol. The van der Waals surface area contributed by atoms with Crippen molar-refractivity contribution in [3.63, 3.8) is 0 Å². The van der Waals surface area contributed by atoms with Crippen LogP contribution in [-0.4, -0.2) is 82.3 Å². The first-order valence-electron chi connectivity index (χ1n) is 10.1. The minimum atomic E-state index is -2.10. The second kappa shape index (κ2) is 5.62. The molecule has 162 valence electrons. The summed E-state index contributed by atoms with van der Waals surface area (Å²) >= 11 is 6.53. The van der Waals surface area contributed by atoms with E-state index < -0.39 is 75.2 Å². The Morgan fingerprint density at radius 2 is 1.36 bits per heavy atom. The Kier molecular flexibility index (Phi) is 4.27. The van der Waals surface area contributed by atoms with E-state index in [0.29, 0.717) is 12.8 Å². The highest BCUT2D eigenvalue weighted by Crippen LogP contribution is 2.70. The van der Waals surface area contributed by atoms with Gasteiger partial charge in [-0.15, -0.1) is 11.6 Å². The Balaban J connectivity index is 1.98. The molecule has 28 heavy (non-hydrogen) atoms. The van der Waals surface area contributed by atoms with Gasteiger partial charge in [0.15, 0.2) is 0 Å². The van der Waals surface area contributed by atoms with Crippen molar-refractivity contribution in [2.45, 2.75) is 93.6 Å². The minimum absolute atomic E-state index is 0.0103. The molecule has 2 bridgehead atoms. The molecule has 12 atom stereocenters. The van der Waals surface area contributed by atoms with Crippen molar-refractivity contribution in [3.8, 4) is 0 Å². The lowest BCUT2D eigenvalue weighted by atomic mass is 9.56. The molecule has 4 saturated carbocycles. The van der Waals surface area contributed by atoms with Gasteiger partial charge in [-0.3, -0.25) is 0 Å². The van der Waals surface area contributed by atoms with E-state index in [0.717, 1.165) is 0 Å². The molecule has 4 fully saturated rings. The van der Waals surface area contributed by atoms with E-state index >= 15 is 0 Å². The summed E-state index contributed by atoms with van der Waals surface area (Å²) in [6.45, 7) is 6.21. The minimum Gasteiger partial charge on any atom is -0.392 e. The van der Waals surface area contributed by atoms with E-state index in [9.17, 15) is 35.7 Å². The molecule has 1 spiro atoms. The summed E-state index contributed by atoms with van der Waals surface area (Å²) in [6.07, 6.45) is -4.95. The molecule has 0 aromatic rings. The Labute approximate surface area is 170 Å². The molecule has 0 unspecified atom stereocenters. The molecule has 0 amide bonds. The zero-order chi connectivity index (χ0) is 21.2. The maximum absolute atomic E-state index is 11.8. The summed E-state index contributed by atoms with van der Waals surface area (Å²) < 4.78 is 0. The van der Waals surface area contributed by atoms with Crippen LogP contribution in [0.2, 0.25) is 0 Å². The van der Waals surface area contributed by atoms with Crippen molar-refractivity contribution in [3.05, 3.63) is 0 Å². The third-order valence-corrected chi connectivity index (χ3v) is 9.80. The predicted octanol–water partition coefficient (Wildman–Crippen LogP) is -0.644. The van der Waals surface area contributed by atoms with Gasteiger partial charge >= 0.3 is 0 Å². The van der Waals surface area contributed by atoms with Crippen LogP contribution in [0.1, 0.15) is 47.0 Å². The molecule has 4 aliphatic rings. The van der Waals surface area contributed by atoms with Gasteiger partial charge in [-0.2, -0.15) is 0 Å². The lowest BCUT2D eigenvalue weighted by Crippen LogP contribution is -2.63. The van der Waals surface area contributed by atoms with Crippen LogP contribution in [0.4, 0.5) is 0 Å². The van der Waals surface area contributed by atoms with Crippen molar-refractivity contribution in [1.82, 2.24) is 0 Å². The van der Waals surface area contributed by atoms with Crippen molar-refractivity contribution in [2.75, 3.05) is 0 Å². The summed E-state index contributed by atoms with van der Waals surface area (Å²) in [5.74, 6) is -2.37. The van der Waals surface area contributed by atoms with Crippen LogP contribution in [0, 0.1) is 28.6 Å². The Morgan fingerprint density at radius 1 is 0.786 bits per heavy atom. The Morgan fingerprint density at radius 3 is 1.93 bits per heavy atom. The van der Waals surface area contributed by atoms with Gasteiger partial charge in [-0.25, -0.2) is 0 Å². The van der Waals surface area contributed by atoms with Crippen LogP contribution >= 0.6 is 11.6 Å². The van der Waals surface area contributed by atoms with E-state index in [-0.39, 0.29) is 6.42 Å². The number of fused-ring (bicyclic) bond motifs is 2. The second-order valence-electron chi connectivity index (χ2n) is 10.9. The first-order chi connectivity index (χ1) is 12.6. The number of alkyl halides is 1. The smallest absolute Gasteiger partial charge is 0.110 e. The van der Waals surface area contributed by atoms with Crippen molar-refractivity contribution in [1.29, 1.82) is 0 Å². The zero-order valence-corrected chi connectivity index (χ0v) is 17.5. The van der Waals surface area contributed by atoms with Crippen LogP contribution < -0.4 is 0 Å². The van der Waals surface area contributed by atoms with Gasteiger partial charge in [0.05, 0.1) is 34.9 Å². The lowest BCUT2D eigenvalue weighted by Gasteiger charge is -2.52. The molecule has 0 radical (unpaired) electrons. The number of aliphatic hydroxyl groups is 7. The van der Waals surface area contributed by atoms with Crippen LogP contribution in [0.25, 0.3) is 0 Å². The molecule has 0 heterocycles. The highest BCUT2D eigenvalue weighted by molar-refractivity contribution is 6.21. The fourth-order valence-corrected chi connectivity index (χ4v) is 8.61. The summed E-state index contributed by atoms with van der Waals surface area (Å²) in [7, 11) is 0. The summed E-state index contributed by atoms with van der Waals surface area (Å²) in [5.41, 5.74) is -7.81. The summed E-state index contributed by atoms with van der Waals surface area (Å²) in [5, 5.41) is 77.9. The fraction of sp³-hybridized carbons (Fsp3) is 1.00. The van der Waals surface area contributed by atoms with E-state index in [1.165, 1.54) is 6.92 Å². The molecule has 0 aliphatic heterocycles. The molecular formula is C20H33ClO7. The Bertz CT molecular complexity index is 681. The molecule has 8 heteroatoms. The van der Waals surface area contributed by atoms with Gasteiger partial charge < -0.3 is 35.7 Å². The van der Waals surface area contributed by atoms with Crippen molar-refractivity contribution < 1.29 is 35.7 Å². The topological polar surface area (TPSA) is 142 Å². The summed E-state index contributed by atoms with van der Waals surface area (Å²) in [6, 6.07) is 0. The van der Waals surface area contributed by atoms with Gasteiger partial charge in [-0.1, -0.05) is 13.8 Å². The molecule has 0 aromatic carbocycles. The lowest BCUT2D eigenvalue weighted by molar-refractivity contribution is -0.220. The van der Waals surface area contributed by atoms with E-state index in [1.807, 2.05) is 0 Å². The normalized spacial score (nSPS) is 65.6. The first kappa shape index (κ1) is 21.2. The first-order valence-corrected chi connectivity index (χ1v) is 10.6. The van der Waals surface area contributed by atoms with Crippen LogP contribution in [0.15, 0.2) is 0 Å². The molecule has 4 aliphatic carbocycles. The third-order valence-electron chi connectivity index (χ3n) is 9.31. The molecule has 7 N–H and O–H groups in total. The average molecular weight is 421 g/mol. The maximum atomic E-state index is 11.8. The predicted molar refractivity (Wildman–Crippen MR) is 100 cm³/mol. The van der Waals surface area contributed by atoms with Crippen LogP contribution in [0.5, 0.6) is 0 Å². The van der Waals surface area contributed by atoms with Gasteiger partial charge in [0, 0.05) is 22.7 Å². The largest absolute Gasteiger partial charge is 0.392 e.